The van der Waals surface area contributed by atoms with Crippen molar-refractivity contribution in [2.24, 2.45) is 0 Å². The Hall–Kier alpha value is -2.30. The second-order valence-corrected chi connectivity index (χ2v) is 12.4. The molecule has 0 amide bonds. The Bertz CT molecular complexity index is 1170. The van der Waals surface area contributed by atoms with E-state index in [0.29, 0.717) is 6.42 Å². The zero-order valence-electron chi connectivity index (χ0n) is 19.7. The van der Waals surface area contributed by atoms with Gasteiger partial charge in [0.1, 0.15) is 15.7 Å². The van der Waals surface area contributed by atoms with Crippen molar-refractivity contribution in [1.29, 1.82) is 0 Å². The Kier molecular flexibility index (Phi) is 8.00. The number of aryl methyl sites for hydroxylation is 1. The Morgan fingerprint density at radius 3 is 2.56 bits per heavy atom. The number of thiazole rings is 1. The van der Waals surface area contributed by atoms with E-state index in [9.17, 15) is 12.8 Å². The van der Waals surface area contributed by atoms with E-state index in [1.54, 1.807) is 18.3 Å². The molecule has 0 radical (unpaired) electrons. The first-order chi connectivity index (χ1) is 16.3. The minimum Gasteiger partial charge on any atom is -0.346 e. The number of aromatic nitrogens is 3. The predicted octanol–water partition coefficient (Wildman–Crippen LogP) is 3.58. The summed E-state index contributed by atoms with van der Waals surface area (Å²) >= 11 is 1.60. The maximum atomic E-state index is 13.2. The van der Waals surface area contributed by atoms with Crippen LogP contribution in [0.4, 0.5) is 9.52 Å². The van der Waals surface area contributed by atoms with Gasteiger partial charge < -0.3 is 9.47 Å². The molecule has 1 unspecified atom stereocenters. The summed E-state index contributed by atoms with van der Waals surface area (Å²) in [6, 6.07) is 6.93. The lowest BCUT2D eigenvalue weighted by atomic mass is 10.1. The largest absolute Gasteiger partial charge is 0.346 e. The smallest absolute Gasteiger partial charge is 0.185 e. The van der Waals surface area contributed by atoms with Crippen LogP contribution >= 0.6 is 11.3 Å². The van der Waals surface area contributed by atoms with Crippen LogP contribution in [0.3, 0.4) is 0 Å². The number of piperazine rings is 1. The van der Waals surface area contributed by atoms with Gasteiger partial charge in [0.15, 0.2) is 5.13 Å². The van der Waals surface area contributed by atoms with E-state index < -0.39 is 9.84 Å². The molecular formula is C24H32FN5O2S2. The predicted molar refractivity (Wildman–Crippen MR) is 135 cm³/mol. The van der Waals surface area contributed by atoms with Gasteiger partial charge in [-0.3, -0.25) is 4.90 Å². The highest BCUT2D eigenvalue weighted by Crippen LogP contribution is 2.25. The highest BCUT2D eigenvalue weighted by Gasteiger charge is 2.21. The number of hydrogen-bond donors (Lipinski definition) is 0. The summed E-state index contributed by atoms with van der Waals surface area (Å²) < 4.78 is 38.9. The van der Waals surface area contributed by atoms with Gasteiger partial charge in [0.2, 0.25) is 0 Å². The standard InChI is InChI=1S/C24H32FN5O2S2/c1-3-34(31,32)13-8-23-16-27-24(33-23)29-11-9-28(10-12-29)17-22-15-26-18-30(22)19(2)14-20-4-6-21(25)7-5-20/h4-7,15-16,18-19H,3,8-14,17H2,1-2H3. The zero-order valence-corrected chi connectivity index (χ0v) is 21.4. The fourth-order valence-corrected chi connectivity index (χ4v) is 6.11. The van der Waals surface area contributed by atoms with Crippen LogP contribution in [0, 0.1) is 5.82 Å². The molecule has 0 saturated carbocycles. The van der Waals surface area contributed by atoms with Crippen molar-refractivity contribution in [3.05, 3.63) is 64.9 Å². The van der Waals surface area contributed by atoms with Crippen molar-refractivity contribution < 1.29 is 12.8 Å². The lowest BCUT2D eigenvalue weighted by Crippen LogP contribution is -2.46. The molecule has 1 aliphatic heterocycles. The molecule has 1 atom stereocenters. The van der Waals surface area contributed by atoms with Gasteiger partial charge in [0.05, 0.1) is 17.8 Å². The maximum absolute atomic E-state index is 13.2. The Balaban J connectivity index is 1.29. The van der Waals surface area contributed by atoms with E-state index in [1.807, 2.05) is 30.9 Å². The van der Waals surface area contributed by atoms with Gasteiger partial charge >= 0.3 is 0 Å². The van der Waals surface area contributed by atoms with Crippen molar-refractivity contribution >= 4 is 26.3 Å². The summed E-state index contributed by atoms with van der Waals surface area (Å²) in [5, 5.41) is 0.974. The summed E-state index contributed by atoms with van der Waals surface area (Å²) in [7, 11) is -2.96. The Morgan fingerprint density at radius 2 is 1.85 bits per heavy atom. The van der Waals surface area contributed by atoms with Gasteiger partial charge in [-0.1, -0.05) is 19.1 Å². The number of rotatable bonds is 10. The van der Waals surface area contributed by atoms with Crippen LogP contribution in [0.25, 0.3) is 0 Å². The first kappa shape index (κ1) is 24.8. The van der Waals surface area contributed by atoms with Crippen molar-refractivity contribution in [3.63, 3.8) is 0 Å². The van der Waals surface area contributed by atoms with E-state index in [4.69, 9.17) is 0 Å². The van der Waals surface area contributed by atoms with Gasteiger partial charge in [-0.05, 0) is 37.5 Å². The van der Waals surface area contributed by atoms with E-state index in [2.05, 4.69) is 31.3 Å². The third-order valence-electron chi connectivity index (χ3n) is 6.33. The maximum Gasteiger partial charge on any atom is 0.185 e. The zero-order chi connectivity index (χ0) is 24.1. The van der Waals surface area contributed by atoms with Crippen molar-refractivity contribution in [3.8, 4) is 0 Å². The number of hydrogen-bond acceptors (Lipinski definition) is 7. The number of imidazole rings is 1. The molecule has 1 aliphatic rings. The number of benzene rings is 1. The molecule has 1 fully saturated rings. The molecule has 0 bridgehead atoms. The van der Waals surface area contributed by atoms with Crippen LogP contribution in [-0.4, -0.2) is 65.5 Å². The summed E-state index contributed by atoms with van der Waals surface area (Å²) in [5.74, 6) is 0.161. The fourth-order valence-electron chi connectivity index (χ4n) is 4.20. The Morgan fingerprint density at radius 1 is 1.12 bits per heavy atom. The minimum absolute atomic E-state index is 0.185. The van der Waals surface area contributed by atoms with E-state index in [1.165, 1.54) is 17.8 Å². The van der Waals surface area contributed by atoms with Crippen molar-refractivity contribution in [2.75, 3.05) is 42.6 Å². The van der Waals surface area contributed by atoms with Crippen molar-refractivity contribution in [2.45, 2.75) is 39.3 Å². The molecule has 0 aliphatic carbocycles. The highest BCUT2D eigenvalue weighted by molar-refractivity contribution is 7.91. The lowest BCUT2D eigenvalue weighted by molar-refractivity contribution is 0.242. The Labute approximate surface area is 205 Å². The molecule has 10 heteroatoms. The van der Waals surface area contributed by atoms with Crippen LogP contribution in [0.2, 0.25) is 0 Å². The molecule has 0 N–H and O–H groups in total. The first-order valence-corrected chi connectivity index (χ1v) is 14.3. The topological polar surface area (TPSA) is 71.3 Å². The average Bonchev–Trinajstić information content (AvgIpc) is 3.50. The number of halogens is 1. The van der Waals surface area contributed by atoms with E-state index >= 15 is 0 Å². The SMILES string of the molecule is CCS(=O)(=O)CCc1cnc(N2CCN(Cc3cncn3C(C)Cc3ccc(F)cc3)CC2)s1. The van der Waals surface area contributed by atoms with Gasteiger partial charge in [0, 0.05) is 61.8 Å². The van der Waals surface area contributed by atoms with Gasteiger partial charge in [-0.15, -0.1) is 11.3 Å². The normalized spacial score (nSPS) is 16.1. The van der Waals surface area contributed by atoms with Crippen LogP contribution in [0.1, 0.15) is 36.0 Å². The lowest BCUT2D eigenvalue weighted by Gasteiger charge is -2.34. The van der Waals surface area contributed by atoms with Gasteiger partial charge in [-0.25, -0.2) is 22.8 Å². The molecular weight excluding hydrogens is 473 g/mol. The van der Waals surface area contributed by atoms with Gasteiger partial charge in [-0.2, -0.15) is 0 Å². The minimum atomic E-state index is -2.96. The van der Waals surface area contributed by atoms with E-state index in [0.717, 1.165) is 54.7 Å². The van der Waals surface area contributed by atoms with Crippen LogP contribution in [0.15, 0.2) is 43.0 Å². The molecule has 0 spiro atoms. The summed E-state index contributed by atoms with van der Waals surface area (Å²) in [5.41, 5.74) is 2.29. The number of anilines is 1. The first-order valence-electron chi connectivity index (χ1n) is 11.7. The summed E-state index contributed by atoms with van der Waals surface area (Å²) in [4.78, 5) is 14.7. The molecule has 2 aromatic heterocycles. The number of sulfone groups is 1. The van der Waals surface area contributed by atoms with Crippen LogP contribution in [0.5, 0.6) is 0 Å². The molecule has 1 aromatic carbocycles. The third kappa shape index (κ3) is 6.43. The molecule has 1 saturated heterocycles. The molecule has 7 nitrogen and oxygen atoms in total. The second kappa shape index (κ2) is 11.0. The molecule has 34 heavy (non-hydrogen) atoms. The van der Waals surface area contributed by atoms with Gasteiger partial charge in [0.25, 0.3) is 0 Å². The number of nitrogens with zero attached hydrogens (tertiary/aromatic N) is 5. The second-order valence-electron chi connectivity index (χ2n) is 8.83. The van der Waals surface area contributed by atoms with Crippen molar-refractivity contribution in [1.82, 2.24) is 19.4 Å². The summed E-state index contributed by atoms with van der Waals surface area (Å²) in [6.07, 6.45) is 7.00. The molecule has 3 aromatic rings. The van der Waals surface area contributed by atoms with Crippen LogP contribution in [-0.2, 0) is 29.2 Å². The van der Waals surface area contributed by atoms with Crippen LogP contribution < -0.4 is 4.90 Å². The molecule has 184 valence electrons. The quantitative estimate of drug-likeness (QED) is 0.420. The molecule has 3 heterocycles. The third-order valence-corrected chi connectivity index (χ3v) is 9.16. The highest BCUT2D eigenvalue weighted by atomic mass is 32.2. The average molecular weight is 506 g/mol. The van der Waals surface area contributed by atoms with E-state index in [-0.39, 0.29) is 23.4 Å². The molecule has 4 rings (SSSR count). The fraction of sp³-hybridized carbons (Fsp3) is 0.500. The monoisotopic (exact) mass is 505 g/mol. The summed E-state index contributed by atoms with van der Waals surface area (Å²) in [6.45, 7) is 8.32.